The van der Waals surface area contributed by atoms with E-state index in [1.165, 1.54) is 18.2 Å². The second-order valence-electron chi connectivity index (χ2n) is 2.90. The highest BCUT2D eigenvalue weighted by atomic mass is 35.5. The molecule has 80 valence electrons. The van der Waals surface area contributed by atoms with Crippen LogP contribution < -0.4 is 5.32 Å². The molecule has 1 aromatic carbocycles. The van der Waals surface area contributed by atoms with Crippen molar-refractivity contribution in [3.63, 3.8) is 0 Å². The van der Waals surface area contributed by atoms with E-state index in [-0.39, 0.29) is 17.2 Å². The van der Waals surface area contributed by atoms with E-state index in [0.29, 0.717) is 11.4 Å². The number of aromatic carboxylic acids is 1. The van der Waals surface area contributed by atoms with Gasteiger partial charge >= 0.3 is 5.97 Å². The van der Waals surface area contributed by atoms with Crippen LogP contribution in [0.15, 0.2) is 18.2 Å². The van der Waals surface area contributed by atoms with Crippen molar-refractivity contribution in [1.82, 2.24) is 0 Å². The quantitative estimate of drug-likeness (QED) is 0.833. The van der Waals surface area contributed by atoms with Crippen LogP contribution in [0.3, 0.4) is 0 Å². The first kappa shape index (κ1) is 11.5. The van der Waals surface area contributed by atoms with Gasteiger partial charge in [0, 0.05) is 11.4 Å². The van der Waals surface area contributed by atoms with Gasteiger partial charge in [0.05, 0.1) is 11.3 Å². The van der Waals surface area contributed by atoms with Crippen molar-refractivity contribution >= 4 is 29.2 Å². The van der Waals surface area contributed by atoms with Crippen molar-refractivity contribution in [2.75, 3.05) is 5.32 Å². The minimum Gasteiger partial charge on any atom is -0.478 e. The van der Waals surface area contributed by atoms with Crippen molar-refractivity contribution in [3.05, 3.63) is 28.8 Å². The van der Waals surface area contributed by atoms with Crippen LogP contribution in [0.1, 0.15) is 23.7 Å². The molecule has 2 N–H and O–H groups in total. The zero-order chi connectivity index (χ0) is 11.4. The molecule has 1 aromatic rings. The minimum atomic E-state index is -1.12. The fourth-order valence-corrected chi connectivity index (χ4v) is 1.21. The first-order valence-electron chi connectivity index (χ1n) is 4.37. The van der Waals surface area contributed by atoms with Crippen molar-refractivity contribution in [3.8, 4) is 0 Å². The Bertz CT molecular complexity index is 404. The maximum atomic E-state index is 11.1. The van der Waals surface area contributed by atoms with Gasteiger partial charge in [-0.05, 0) is 18.2 Å². The van der Waals surface area contributed by atoms with Crippen molar-refractivity contribution in [1.29, 1.82) is 0 Å². The van der Waals surface area contributed by atoms with E-state index in [4.69, 9.17) is 16.7 Å². The van der Waals surface area contributed by atoms with Gasteiger partial charge < -0.3 is 10.4 Å². The number of anilines is 1. The molecule has 0 radical (unpaired) electrons. The molecule has 0 aliphatic heterocycles. The lowest BCUT2D eigenvalue weighted by Gasteiger charge is -2.07. The monoisotopic (exact) mass is 227 g/mol. The third kappa shape index (κ3) is 2.95. The highest BCUT2D eigenvalue weighted by molar-refractivity contribution is 6.31. The standard InChI is InChI=1S/C10H10ClNO3/c1-2-9(13)12-8-4-3-6(11)5-7(8)10(14)15/h3-5H,2H2,1H3,(H,12,13)(H,14,15). The fourth-order valence-electron chi connectivity index (χ4n) is 1.04. The molecule has 0 unspecified atom stereocenters. The van der Waals surface area contributed by atoms with Gasteiger partial charge in [0.25, 0.3) is 0 Å². The maximum Gasteiger partial charge on any atom is 0.337 e. The highest BCUT2D eigenvalue weighted by Gasteiger charge is 2.11. The molecule has 4 nitrogen and oxygen atoms in total. The summed E-state index contributed by atoms with van der Waals surface area (Å²) in [5.41, 5.74) is 0.253. The zero-order valence-electron chi connectivity index (χ0n) is 8.08. The predicted molar refractivity (Wildman–Crippen MR) is 57.3 cm³/mol. The normalized spacial score (nSPS) is 9.73. The second kappa shape index (κ2) is 4.79. The van der Waals surface area contributed by atoms with Gasteiger partial charge in [-0.2, -0.15) is 0 Å². The predicted octanol–water partition coefficient (Wildman–Crippen LogP) is 2.39. The topological polar surface area (TPSA) is 66.4 Å². The van der Waals surface area contributed by atoms with Crippen LogP contribution in [0.5, 0.6) is 0 Å². The van der Waals surface area contributed by atoms with Crippen LogP contribution >= 0.6 is 11.6 Å². The first-order valence-corrected chi connectivity index (χ1v) is 4.75. The van der Waals surface area contributed by atoms with E-state index in [2.05, 4.69) is 5.32 Å². The number of rotatable bonds is 3. The number of carboxylic acid groups (broad SMARTS) is 1. The third-order valence-electron chi connectivity index (χ3n) is 1.81. The van der Waals surface area contributed by atoms with E-state index < -0.39 is 5.97 Å². The Balaban J connectivity index is 3.06. The number of carbonyl (C=O) groups is 2. The molecule has 0 bridgehead atoms. The summed E-state index contributed by atoms with van der Waals surface area (Å²) in [6.07, 6.45) is 0.293. The smallest absolute Gasteiger partial charge is 0.337 e. The summed E-state index contributed by atoms with van der Waals surface area (Å²) < 4.78 is 0. The Morgan fingerprint density at radius 3 is 2.67 bits per heavy atom. The van der Waals surface area contributed by atoms with Gasteiger partial charge in [-0.15, -0.1) is 0 Å². The SMILES string of the molecule is CCC(=O)Nc1ccc(Cl)cc1C(=O)O. The van der Waals surface area contributed by atoms with Crippen molar-refractivity contribution in [2.45, 2.75) is 13.3 Å². The lowest BCUT2D eigenvalue weighted by molar-refractivity contribution is -0.115. The van der Waals surface area contributed by atoms with Crippen LogP contribution in [-0.4, -0.2) is 17.0 Å². The van der Waals surface area contributed by atoms with Crippen LogP contribution in [0, 0.1) is 0 Å². The number of carbonyl (C=O) groups excluding carboxylic acids is 1. The molecule has 1 amide bonds. The number of benzene rings is 1. The molecule has 0 heterocycles. The lowest BCUT2D eigenvalue weighted by atomic mass is 10.1. The highest BCUT2D eigenvalue weighted by Crippen LogP contribution is 2.20. The summed E-state index contributed by atoms with van der Waals surface area (Å²) in [4.78, 5) is 21.9. The Labute approximate surface area is 91.9 Å². The van der Waals surface area contributed by atoms with Gasteiger partial charge in [-0.25, -0.2) is 4.79 Å². The summed E-state index contributed by atoms with van der Waals surface area (Å²) in [6.45, 7) is 1.69. The summed E-state index contributed by atoms with van der Waals surface area (Å²) >= 11 is 5.66. The number of nitrogens with one attached hydrogen (secondary N) is 1. The first-order chi connectivity index (χ1) is 7.04. The van der Waals surface area contributed by atoms with E-state index in [1.54, 1.807) is 6.92 Å². The molecule has 5 heteroatoms. The van der Waals surface area contributed by atoms with E-state index in [9.17, 15) is 9.59 Å². The van der Waals surface area contributed by atoms with Gasteiger partial charge in [0.2, 0.25) is 5.91 Å². The molecule has 1 rings (SSSR count). The summed E-state index contributed by atoms with van der Waals surface area (Å²) in [6, 6.07) is 4.30. The van der Waals surface area contributed by atoms with Crippen LogP contribution in [-0.2, 0) is 4.79 Å². The average Bonchev–Trinajstić information content (AvgIpc) is 2.20. The Kier molecular flexibility index (Phi) is 3.68. The molecule has 0 aliphatic carbocycles. The van der Waals surface area contributed by atoms with Gasteiger partial charge in [0.1, 0.15) is 0 Å². The molecule has 0 spiro atoms. The maximum absolute atomic E-state index is 11.1. The Hall–Kier alpha value is -1.55. The summed E-state index contributed by atoms with van der Waals surface area (Å²) in [5, 5.41) is 11.7. The molecular formula is C10H10ClNO3. The molecular weight excluding hydrogens is 218 g/mol. The number of hydrogen-bond donors (Lipinski definition) is 2. The molecule has 15 heavy (non-hydrogen) atoms. The summed E-state index contributed by atoms with van der Waals surface area (Å²) in [7, 11) is 0. The van der Waals surface area contributed by atoms with Gasteiger partial charge in [0.15, 0.2) is 0 Å². The van der Waals surface area contributed by atoms with Gasteiger partial charge in [-0.1, -0.05) is 18.5 Å². The van der Waals surface area contributed by atoms with E-state index in [0.717, 1.165) is 0 Å². The molecule has 0 saturated heterocycles. The van der Waals surface area contributed by atoms with Crippen molar-refractivity contribution < 1.29 is 14.7 Å². The van der Waals surface area contributed by atoms with Crippen LogP contribution in [0.2, 0.25) is 5.02 Å². The lowest BCUT2D eigenvalue weighted by Crippen LogP contribution is -2.13. The second-order valence-corrected chi connectivity index (χ2v) is 3.33. The van der Waals surface area contributed by atoms with Crippen LogP contribution in [0.4, 0.5) is 5.69 Å². The number of halogens is 1. The number of hydrogen-bond acceptors (Lipinski definition) is 2. The zero-order valence-corrected chi connectivity index (χ0v) is 8.84. The fraction of sp³-hybridized carbons (Fsp3) is 0.200. The Morgan fingerprint density at radius 2 is 2.13 bits per heavy atom. The number of amides is 1. The molecule has 0 aromatic heterocycles. The van der Waals surface area contributed by atoms with E-state index in [1.807, 2.05) is 0 Å². The van der Waals surface area contributed by atoms with Crippen LogP contribution in [0.25, 0.3) is 0 Å². The largest absolute Gasteiger partial charge is 0.478 e. The average molecular weight is 228 g/mol. The van der Waals surface area contributed by atoms with Crippen molar-refractivity contribution in [2.24, 2.45) is 0 Å². The third-order valence-corrected chi connectivity index (χ3v) is 2.04. The van der Waals surface area contributed by atoms with Gasteiger partial charge in [-0.3, -0.25) is 4.79 Å². The number of carboxylic acids is 1. The van der Waals surface area contributed by atoms with E-state index >= 15 is 0 Å². The molecule has 0 saturated carbocycles. The Morgan fingerprint density at radius 1 is 1.47 bits per heavy atom. The molecule has 0 fully saturated rings. The molecule has 0 atom stereocenters. The summed E-state index contributed by atoms with van der Waals surface area (Å²) in [5.74, 6) is -1.36. The molecule has 0 aliphatic rings. The minimum absolute atomic E-state index is 0.00991.